The minimum atomic E-state index is -1.44. The summed E-state index contributed by atoms with van der Waals surface area (Å²) < 4.78 is 10.0. The van der Waals surface area contributed by atoms with E-state index in [9.17, 15) is 9.82 Å². The Morgan fingerprint density at radius 3 is 2.87 bits per heavy atom. The van der Waals surface area contributed by atoms with Gasteiger partial charge in [0.05, 0.1) is 0 Å². The number of carbonyl (C=O) groups excluding carboxylic acids is 1. The van der Waals surface area contributed by atoms with Gasteiger partial charge in [-0.15, -0.1) is 17.6 Å². The van der Waals surface area contributed by atoms with Gasteiger partial charge < -0.3 is 18.9 Å². The van der Waals surface area contributed by atoms with Crippen molar-refractivity contribution >= 4 is 41.8 Å². The molecule has 3 aromatic rings. The van der Waals surface area contributed by atoms with Crippen LogP contribution in [0.2, 0.25) is 5.02 Å². The molecular weight excluding hydrogens is 488 g/mol. The molecule has 0 fully saturated rings. The molecule has 0 atom stereocenters. The number of nitrogens with zero attached hydrogens (tertiary/aromatic N) is 1. The zero-order chi connectivity index (χ0) is 15.7. The first-order chi connectivity index (χ1) is 10.6. The van der Waals surface area contributed by atoms with Crippen LogP contribution in [0.25, 0.3) is 22.6 Å². The van der Waals surface area contributed by atoms with Gasteiger partial charge in [0.25, 0.3) is 0 Å². The zero-order valence-electron chi connectivity index (χ0n) is 11.9. The molecule has 1 N–H and O–H groups in total. The molecule has 0 aliphatic heterocycles. The Labute approximate surface area is 152 Å². The van der Waals surface area contributed by atoms with E-state index in [4.69, 9.17) is 16.0 Å². The normalized spacial score (nSPS) is 10.2. The largest absolute Gasteiger partial charge is 2.00 e. The van der Waals surface area contributed by atoms with Crippen LogP contribution in [0.4, 0.5) is 0 Å². The summed E-state index contributed by atoms with van der Waals surface area (Å²) in [6.45, 7) is 3.10. The maximum absolute atomic E-state index is 10.1. The quantitative estimate of drug-likeness (QED) is 0.442. The molecule has 1 aromatic heterocycles. The maximum Gasteiger partial charge on any atom is 2.00 e. The van der Waals surface area contributed by atoms with Gasteiger partial charge in [0.15, 0.2) is 0 Å². The molecule has 0 radical (unpaired) electrons. The Balaban J connectivity index is 0.00000192. The second-order valence-electron chi connectivity index (χ2n) is 4.73. The third-order valence-corrected chi connectivity index (χ3v) is 3.28. The molecule has 0 unspecified atom stereocenters. The van der Waals surface area contributed by atoms with Crippen LogP contribution in [0, 0.1) is 13.0 Å². The molecule has 0 saturated carbocycles. The summed E-state index contributed by atoms with van der Waals surface area (Å²) in [7, 11) is -1.44. The molecule has 0 bridgehead atoms. The van der Waals surface area contributed by atoms with Crippen LogP contribution in [0.5, 0.6) is 0 Å². The fraction of sp³-hybridized carbons (Fsp3) is 0.0667. The summed E-state index contributed by atoms with van der Waals surface area (Å²) in [4.78, 5) is 14.5. The van der Waals surface area contributed by atoms with Gasteiger partial charge in [-0.25, -0.2) is 0 Å². The van der Waals surface area contributed by atoms with E-state index in [1.807, 2.05) is 19.1 Å². The van der Waals surface area contributed by atoms with Crippen LogP contribution < -0.4 is 5.46 Å². The molecule has 0 spiro atoms. The van der Waals surface area contributed by atoms with E-state index in [-0.39, 0.29) is 26.5 Å². The second kappa shape index (κ2) is 7.30. The monoisotopic (exact) mass is 497 g/mol. The predicted octanol–water partition coefficient (Wildman–Crippen LogP) is 2.03. The van der Waals surface area contributed by atoms with Crippen molar-refractivity contribution in [1.29, 1.82) is 0 Å². The van der Waals surface area contributed by atoms with Crippen LogP contribution in [0.15, 0.2) is 34.7 Å². The predicted molar refractivity (Wildman–Crippen MR) is 82.4 cm³/mol. The smallest absolute Gasteiger partial charge is 0.702 e. The molecule has 5 nitrogen and oxygen atoms in total. The van der Waals surface area contributed by atoms with Gasteiger partial charge in [-0.1, -0.05) is 18.1 Å². The van der Waals surface area contributed by atoms with Crippen LogP contribution >= 0.6 is 11.6 Å². The Kier molecular flexibility index (Phi) is 5.63. The van der Waals surface area contributed by atoms with Crippen molar-refractivity contribution in [2.24, 2.45) is 0 Å². The van der Waals surface area contributed by atoms with Gasteiger partial charge in [0, 0.05) is 16.2 Å². The van der Waals surface area contributed by atoms with E-state index in [0.29, 0.717) is 22.0 Å². The van der Waals surface area contributed by atoms with E-state index in [1.54, 1.807) is 12.1 Å². The van der Waals surface area contributed by atoms with Gasteiger partial charge in [0.1, 0.15) is 0 Å². The molecule has 0 amide bonds. The van der Waals surface area contributed by atoms with Gasteiger partial charge in [-0.2, -0.15) is 6.07 Å². The minimum absolute atomic E-state index is 0. The Morgan fingerprint density at radius 1 is 1.39 bits per heavy atom. The number of aryl methyl sites for hydroxylation is 1. The minimum Gasteiger partial charge on any atom is -0.702 e. The molecule has 3 rings (SSSR count). The van der Waals surface area contributed by atoms with Crippen molar-refractivity contribution in [3.8, 4) is 11.5 Å². The molecule has 0 saturated heterocycles. The molecule has 0 aliphatic rings. The van der Waals surface area contributed by atoms with E-state index in [2.05, 4.69) is 15.7 Å². The molecule has 8 heteroatoms. The first kappa shape index (κ1) is 17.7. The summed E-state index contributed by atoms with van der Waals surface area (Å²) in [6.07, 6.45) is 0. The summed E-state index contributed by atoms with van der Waals surface area (Å²) in [5, 5.41) is 10.2. The maximum atomic E-state index is 10.1. The van der Waals surface area contributed by atoms with Crippen molar-refractivity contribution in [2.75, 3.05) is 0 Å². The summed E-state index contributed by atoms with van der Waals surface area (Å²) in [6, 6.07) is 11.3. The van der Waals surface area contributed by atoms with Crippen LogP contribution in [-0.4, -0.2) is 23.6 Å². The van der Waals surface area contributed by atoms with Crippen molar-refractivity contribution in [2.45, 2.75) is 6.92 Å². The van der Waals surface area contributed by atoms with E-state index < -0.39 is 7.12 Å². The summed E-state index contributed by atoms with van der Waals surface area (Å²) in [5.41, 5.74) is 3.00. The van der Waals surface area contributed by atoms with Gasteiger partial charge in [-0.3, -0.25) is 4.98 Å². The molecular formula is C15H9BClNO4W. The van der Waals surface area contributed by atoms with Gasteiger partial charge in [-0.05, 0) is 36.2 Å². The number of hydrogen-bond donors (Lipinski definition) is 1. The summed E-state index contributed by atoms with van der Waals surface area (Å²) >= 11 is 6.04. The van der Waals surface area contributed by atoms with Crippen molar-refractivity contribution < 1.29 is 40.0 Å². The van der Waals surface area contributed by atoms with Crippen LogP contribution in [-0.2, 0) is 30.5 Å². The average Bonchev–Trinajstić information content (AvgIpc) is 2.89. The topological polar surface area (TPSA) is 72.6 Å². The van der Waals surface area contributed by atoms with Crippen LogP contribution in [0.1, 0.15) is 5.56 Å². The molecule has 2 aromatic carbocycles. The first-order valence-electron chi connectivity index (χ1n) is 6.37. The Morgan fingerprint density at radius 2 is 2.17 bits per heavy atom. The molecule has 0 aliphatic carbocycles. The third-order valence-electron chi connectivity index (χ3n) is 3.06. The molecule has 1 heterocycles. The fourth-order valence-electron chi connectivity index (χ4n) is 2.12. The second-order valence-corrected chi connectivity index (χ2v) is 5.16. The van der Waals surface area contributed by atoms with E-state index in [0.717, 1.165) is 11.1 Å². The van der Waals surface area contributed by atoms with Gasteiger partial charge in [0.2, 0.25) is 5.89 Å². The fourth-order valence-corrected chi connectivity index (χ4v) is 2.41. The van der Waals surface area contributed by atoms with Crippen molar-refractivity contribution in [3.05, 3.63) is 47.0 Å². The number of aromatic nitrogens is 1. The number of rotatable bonds is 4. The third kappa shape index (κ3) is 3.83. The Hall–Kier alpha value is -1.62. The average molecular weight is 497 g/mol. The molecule has 114 valence electrons. The first-order valence-corrected chi connectivity index (χ1v) is 6.75. The van der Waals surface area contributed by atoms with Crippen molar-refractivity contribution in [3.63, 3.8) is 0 Å². The van der Waals surface area contributed by atoms with Crippen LogP contribution in [0.3, 0.4) is 0 Å². The van der Waals surface area contributed by atoms with Gasteiger partial charge >= 0.3 is 28.2 Å². The number of halogens is 1. The standard InChI is InChI=1S/C15H9BClNO4.W/c1-9-4-10(6-12(17)5-9)15-18-13-3-2-11(7-14(13)22-15)16(20)21-8-19;/h3-7,20H,1H3;/q-2;+2. The van der Waals surface area contributed by atoms with Crippen molar-refractivity contribution in [1.82, 2.24) is 4.98 Å². The zero-order valence-corrected chi connectivity index (χ0v) is 15.6. The van der Waals surface area contributed by atoms with E-state index >= 15 is 0 Å². The number of fused-ring (bicyclic) bond motifs is 1. The number of benzene rings is 2. The molecule has 23 heavy (non-hydrogen) atoms. The summed E-state index contributed by atoms with van der Waals surface area (Å²) in [5.74, 6) is 0.406. The van der Waals surface area contributed by atoms with E-state index in [1.165, 1.54) is 12.5 Å². The SMILES string of the molecule is Cc1cc(Cl)cc(-c2nc3c[c-]c(B(O)O[C-]=O)cc3o2)c1.[W+2]. The Bertz CT molecular complexity index is 834. The number of oxazole rings is 1. The number of hydrogen-bond acceptors (Lipinski definition) is 5.